The van der Waals surface area contributed by atoms with Gasteiger partial charge in [0.1, 0.15) is 0 Å². The number of rotatable bonds is 6. The number of thiol groups is 1. The summed E-state index contributed by atoms with van der Waals surface area (Å²) in [6.07, 6.45) is 0.370. The zero-order chi connectivity index (χ0) is 13.5. The largest absolute Gasteiger partial charge is 0.370 e. The van der Waals surface area contributed by atoms with Crippen LogP contribution in [0.3, 0.4) is 0 Å². The zero-order valence-electron chi connectivity index (χ0n) is 9.93. The van der Waals surface area contributed by atoms with Crippen LogP contribution in [0.15, 0.2) is 29.2 Å². The second-order valence-electron chi connectivity index (χ2n) is 4.00. The van der Waals surface area contributed by atoms with Gasteiger partial charge < -0.3 is 16.8 Å². The number of primary amides is 1. The Kier molecular flexibility index (Phi) is 5.67. The van der Waals surface area contributed by atoms with Gasteiger partial charge in [-0.2, -0.15) is 0 Å². The number of amides is 2. The van der Waals surface area contributed by atoms with E-state index in [2.05, 4.69) is 17.9 Å². The molecule has 0 fully saturated rings. The standard InChI is InChI=1S/C12H17N3O2S/c13-10(4-5-11(14)16)12(17)15-7-8-2-1-3-9(18)6-8/h1-3,6,10,18H,4-5,7,13H2,(H2,14,16)(H,15,17)/t10-/m1/s1. The Bertz CT molecular complexity index is 437. The van der Waals surface area contributed by atoms with E-state index in [1.165, 1.54) is 0 Å². The fraction of sp³-hybridized carbons (Fsp3) is 0.333. The average molecular weight is 267 g/mol. The van der Waals surface area contributed by atoms with Crippen LogP contribution < -0.4 is 16.8 Å². The molecule has 0 heterocycles. The normalized spacial score (nSPS) is 11.9. The molecule has 98 valence electrons. The molecule has 5 nitrogen and oxygen atoms in total. The van der Waals surface area contributed by atoms with E-state index in [0.29, 0.717) is 6.54 Å². The summed E-state index contributed by atoms with van der Waals surface area (Å²) in [5.41, 5.74) is 11.6. The topological polar surface area (TPSA) is 98.2 Å². The Morgan fingerprint density at radius 1 is 1.39 bits per heavy atom. The monoisotopic (exact) mass is 267 g/mol. The summed E-state index contributed by atoms with van der Waals surface area (Å²) in [5.74, 6) is -0.748. The first-order chi connectivity index (χ1) is 8.49. The van der Waals surface area contributed by atoms with E-state index in [1.807, 2.05) is 24.3 Å². The number of nitrogens with one attached hydrogen (secondary N) is 1. The summed E-state index contributed by atoms with van der Waals surface area (Å²) in [7, 11) is 0. The van der Waals surface area contributed by atoms with Crippen molar-refractivity contribution in [3.63, 3.8) is 0 Å². The summed E-state index contributed by atoms with van der Waals surface area (Å²) in [4.78, 5) is 23.0. The Morgan fingerprint density at radius 2 is 2.11 bits per heavy atom. The number of hydrogen-bond donors (Lipinski definition) is 4. The van der Waals surface area contributed by atoms with Gasteiger partial charge >= 0.3 is 0 Å². The number of hydrogen-bond acceptors (Lipinski definition) is 4. The summed E-state index contributed by atoms with van der Waals surface area (Å²) < 4.78 is 0. The quantitative estimate of drug-likeness (QED) is 0.553. The van der Waals surface area contributed by atoms with Gasteiger partial charge in [0.05, 0.1) is 6.04 Å². The maximum atomic E-state index is 11.6. The molecule has 2 amide bonds. The van der Waals surface area contributed by atoms with Crippen molar-refractivity contribution in [1.29, 1.82) is 0 Å². The lowest BCUT2D eigenvalue weighted by Gasteiger charge is -2.11. The first-order valence-corrected chi connectivity index (χ1v) is 6.03. The lowest BCUT2D eigenvalue weighted by atomic mass is 10.1. The van der Waals surface area contributed by atoms with Crippen LogP contribution in [0.5, 0.6) is 0 Å². The average Bonchev–Trinajstić information content (AvgIpc) is 2.33. The molecule has 0 aliphatic heterocycles. The highest BCUT2D eigenvalue weighted by Gasteiger charge is 2.13. The molecule has 5 N–H and O–H groups in total. The Labute approximate surface area is 111 Å². The third-order valence-corrected chi connectivity index (χ3v) is 2.69. The fourth-order valence-corrected chi connectivity index (χ4v) is 1.67. The van der Waals surface area contributed by atoms with E-state index in [1.54, 1.807) is 0 Å². The maximum absolute atomic E-state index is 11.6. The van der Waals surface area contributed by atoms with Crippen molar-refractivity contribution in [2.75, 3.05) is 0 Å². The van der Waals surface area contributed by atoms with Gasteiger partial charge in [0, 0.05) is 17.9 Å². The maximum Gasteiger partial charge on any atom is 0.237 e. The minimum Gasteiger partial charge on any atom is -0.370 e. The van der Waals surface area contributed by atoms with Crippen LogP contribution in [0.25, 0.3) is 0 Å². The van der Waals surface area contributed by atoms with Crippen molar-refractivity contribution in [3.8, 4) is 0 Å². The molecule has 0 aliphatic rings. The summed E-state index contributed by atoms with van der Waals surface area (Å²) in [5, 5.41) is 2.70. The number of carbonyl (C=O) groups is 2. The van der Waals surface area contributed by atoms with Gasteiger partial charge in [0.15, 0.2) is 0 Å². The van der Waals surface area contributed by atoms with Crippen molar-refractivity contribution < 1.29 is 9.59 Å². The van der Waals surface area contributed by atoms with Crippen LogP contribution >= 0.6 is 12.6 Å². The highest BCUT2D eigenvalue weighted by Crippen LogP contribution is 2.08. The van der Waals surface area contributed by atoms with Crippen molar-refractivity contribution >= 4 is 24.4 Å². The van der Waals surface area contributed by atoms with E-state index >= 15 is 0 Å². The van der Waals surface area contributed by atoms with Crippen molar-refractivity contribution in [2.24, 2.45) is 11.5 Å². The van der Waals surface area contributed by atoms with Gasteiger partial charge in [-0.3, -0.25) is 9.59 Å². The van der Waals surface area contributed by atoms with Gasteiger partial charge in [-0.1, -0.05) is 12.1 Å². The number of nitrogens with two attached hydrogens (primary N) is 2. The molecule has 1 aromatic rings. The minimum absolute atomic E-state index is 0.112. The van der Waals surface area contributed by atoms with Crippen LogP contribution in [0.2, 0.25) is 0 Å². The fourth-order valence-electron chi connectivity index (χ4n) is 1.42. The van der Waals surface area contributed by atoms with Gasteiger partial charge in [0.2, 0.25) is 11.8 Å². The Morgan fingerprint density at radius 3 is 2.72 bits per heavy atom. The lowest BCUT2D eigenvalue weighted by Crippen LogP contribution is -2.40. The van der Waals surface area contributed by atoms with Crippen molar-refractivity contribution in [3.05, 3.63) is 29.8 Å². The van der Waals surface area contributed by atoms with Crippen molar-refractivity contribution in [2.45, 2.75) is 30.3 Å². The van der Waals surface area contributed by atoms with E-state index < -0.39 is 11.9 Å². The molecule has 18 heavy (non-hydrogen) atoms. The number of carbonyl (C=O) groups excluding carboxylic acids is 2. The summed E-state index contributed by atoms with van der Waals surface area (Å²) >= 11 is 4.21. The third-order valence-electron chi connectivity index (χ3n) is 2.42. The minimum atomic E-state index is -0.711. The smallest absolute Gasteiger partial charge is 0.237 e. The van der Waals surface area contributed by atoms with E-state index in [9.17, 15) is 9.59 Å². The molecule has 1 atom stereocenters. The van der Waals surface area contributed by atoms with Crippen molar-refractivity contribution in [1.82, 2.24) is 5.32 Å². The van der Waals surface area contributed by atoms with Gasteiger partial charge in [-0.15, -0.1) is 12.6 Å². The lowest BCUT2D eigenvalue weighted by molar-refractivity contribution is -0.123. The second kappa shape index (κ2) is 7.03. The molecule has 1 aromatic carbocycles. The molecule has 0 aromatic heterocycles. The molecule has 6 heteroatoms. The van der Waals surface area contributed by atoms with E-state index in [4.69, 9.17) is 11.5 Å². The predicted molar refractivity (Wildman–Crippen MR) is 71.9 cm³/mol. The highest BCUT2D eigenvalue weighted by atomic mass is 32.1. The first-order valence-electron chi connectivity index (χ1n) is 5.58. The molecule has 0 unspecified atom stereocenters. The van der Waals surface area contributed by atoms with Gasteiger partial charge in [0.25, 0.3) is 0 Å². The van der Waals surface area contributed by atoms with Crippen LogP contribution in [0, 0.1) is 0 Å². The summed E-state index contributed by atoms with van der Waals surface area (Å²) in [6, 6.07) is 6.74. The molecular formula is C12H17N3O2S. The van der Waals surface area contributed by atoms with Crippen LogP contribution in [0.1, 0.15) is 18.4 Å². The molecule has 0 radical (unpaired) electrons. The molecule has 0 saturated heterocycles. The third kappa shape index (κ3) is 5.20. The molecule has 0 aliphatic carbocycles. The zero-order valence-corrected chi connectivity index (χ0v) is 10.8. The van der Waals surface area contributed by atoms with E-state index in [0.717, 1.165) is 10.5 Å². The SMILES string of the molecule is NC(=O)CC[C@@H](N)C(=O)NCc1cccc(S)c1. The number of benzene rings is 1. The van der Waals surface area contributed by atoms with E-state index in [-0.39, 0.29) is 18.7 Å². The predicted octanol–water partition coefficient (Wildman–Crippen LogP) is 0.184. The Balaban J connectivity index is 2.38. The highest BCUT2D eigenvalue weighted by molar-refractivity contribution is 7.80. The molecule has 0 saturated carbocycles. The molecular weight excluding hydrogens is 250 g/mol. The van der Waals surface area contributed by atoms with Gasteiger partial charge in [-0.05, 0) is 24.1 Å². The van der Waals surface area contributed by atoms with Gasteiger partial charge in [-0.25, -0.2) is 0 Å². The first kappa shape index (κ1) is 14.5. The van der Waals surface area contributed by atoms with Crippen LogP contribution in [0.4, 0.5) is 0 Å². The Hall–Kier alpha value is -1.53. The summed E-state index contributed by atoms with van der Waals surface area (Å²) in [6.45, 7) is 0.386. The van der Waals surface area contributed by atoms with Crippen LogP contribution in [-0.2, 0) is 16.1 Å². The molecule has 0 bridgehead atoms. The molecule has 0 spiro atoms. The second-order valence-corrected chi connectivity index (χ2v) is 4.52. The van der Waals surface area contributed by atoms with Crippen LogP contribution in [-0.4, -0.2) is 17.9 Å². The molecule has 1 rings (SSSR count).